The Morgan fingerprint density at radius 3 is 1.38 bits per heavy atom. The number of thiophene rings is 1. The highest BCUT2D eigenvalue weighted by Gasteiger charge is 2.45. The highest BCUT2D eigenvalue weighted by molar-refractivity contribution is 7.25. The van der Waals surface area contributed by atoms with E-state index in [1.54, 1.807) is 0 Å². The van der Waals surface area contributed by atoms with Crippen LogP contribution in [0.2, 0.25) is 0 Å². The molecule has 0 fully saturated rings. The van der Waals surface area contributed by atoms with Gasteiger partial charge in [0.05, 0.1) is 0 Å². The Morgan fingerprint density at radius 2 is 0.820 bits per heavy atom. The first-order valence-electron chi connectivity index (χ1n) is 17.7. The van der Waals surface area contributed by atoms with Gasteiger partial charge in [0.2, 0.25) is 0 Å². The molecule has 0 saturated heterocycles. The van der Waals surface area contributed by atoms with Crippen LogP contribution in [-0.2, 0) is 18.3 Å². The molecule has 8 aromatic rings. The van der Waals surface area contributed by atoms with Crippen molar-refractivity contribution in [2.75, 3.05) is 9.80 Å². The van der Waals surface area contributed by atoms with Gasteiger partial charge in [-0.05, 0) is 133 Å². The van der Waals surface area contributed by atoms with E-state index in [4.69, 9.17) is 0 Å². The molecular weight excluding hydrogens is 625 g/mol. The maximum Gasteiger partial charge on any atom is 0.0468 e. The SMILES string of the molecule is c1ccc(N(c2ccccc2)c2ccc3c(c2)[C@@]2(CC3)CCc3ccc(N(c4ccccc4)c4ccc5sc6ccccc6c5c4)cc32)cc1. The molecule has 0 N–H and O–H groups in total. The third kappa shape index (κ3) is 4.69. The van der Waals surface area contributed by atoms with E-state index in [0.717, 1.165) is 25.7 Å². The van der Waals surface area contributed by atoms with E-state index in [1.165, 1.54) is 76.6 Å². The molecular formula is C47H36N2S. The number of aryl methyl sites for hydroxylation is 2. The Hall–Kier alpha value is -5.64. The average molecular weight is 661 g/mol. The Labute approximate surface area is 297 Å². The Bertz CT molecular complexity index is 2460. The van der Waals surface area contributed by atoms with Gasteiger partial charge in [-0.15, -0.1) is 11.3 Å². The minimum absolute atomic E-state index is 0.00556. The van der Waals surface area contributed by atoms with E-state index in [9.17, 15) is 0 Å². The van der Waals surface area contributed by atoms with Crippen molar-refractivity contribution < 1.29 is 0 Å². The third-order valence-electron chi connectivity index (χ3n) is 11.0. The largest absolute Gasteiger partial charge is 0.310 e. The smallest absolute Gasteiger partial charge is 0.0468 e. The second-order valence-corrected chi connectivity index (χ2v) is 14.8. The summed E-state index contributed by atoms with van der Waals surface area (Å²) >= 11 is 1.87. The normalized spacial score (nSPS) is 16.2. The topological polar surface area (TPSA) is 6.48 Å². The molecule has 0 radical (unpaired) electrons. The van der Waals surface area contributed by atoms with Gasteiger partial charge in [-0.2, -0.15) is 0 Å². The van der Waals surface area contributed by atoms with Crippen LogP contribution in [0.5, 0.6) is 0 Å². The van der Waals surface area contributed by atoms with Crippen molar-refractivity contribution in [3.63, 3.8) is 0 Å². The van der Waals surface area contributed by atoms with Gasteiger partial charge in [-0.1, -0.05) is 84.9 Å². The van der Waals surface area contributed by atoms with Gasteiger partial charge in [0.1, 0.15) is 0 Å². The lowest BCUT2D eigenvalue weighted by molar-refractivity contribution is 0.507. The van der Waals surface area contributed by atoms with Crippen LogP contribution >= 0.6 is 11.3 Å². The van der Waals surface area contributed by atoms with Crippen LogP contribution in [0.3, 0.4) is 0 Å². The summed E-state index contributed by atoms with van der Waals surface area (Å²) < 4.78 is 2.66. The first kappa shape index (κ1) is 29.3. The lowest BCUT2D eigenvalue weighted by atomic mass is 9.76. The summed E-state index contributed by atoms with van der Waals surface area (Å²) in [6.07, 6.45) is 4.52. The number of para-hydroxylation sites is 3. The van der Waals surface area contributed by atoms with Crippen LogP contribution in [0.25, 0.3) is 20.2 Å². The quantitative estimate of drug-likeness (QED) is 0.175. The molecule has 1 spiro atoms. The molecule has 50 heavy (non-hydrogen) atoms. The van der Waals surface area contributed by atoms with E-state index in [0.29, 0.717) is 0 Å². The fourth-order valence-electron chi connectivity index (χ4n) is 8.72. The average Bonchev–Trinajstić information content (AvgIpc) is 3.86. The molecule has 0 bridgehead atoms. The van der Waals surface area contributed by atoms with Crippen LogP contribution in [0.4, 0.5) is 34.1 Å². The number of hydrogen-bond acceptors (Lipinski definition) is 3. The van der Waals surface area contributed by atoms with Crippen LogP contribution in [0.1, 0.15) is 35.1 Å². The van der Waals surface area contributed by atoms with Gasteiger partial charge in [0.15, 0.2) is 0 Å². The molecule has 0 aliphatic heterocycles. The summed E-state index contributed by atoms with van der Waals surface area (Å²) in [4.78, 5) is 4.86. The van der Waals surface area contributed by atoms with E-state index < -0.39 is 0 Å². The summed E-state index contributed by atoms with van der Waals surface area (Å²) in [7, 11) is 0. The molecule has 3 heteroatoms. The molecule has 7 aromatic carbocycles. The van der Waals surface area contributed by atoms with Gasteiger partial charge in [0, 0.05) is 59.7 Å². The third-order valence-corrected chi connectivity index (χ3v) is 12.2. The van der Waals surface area contributed by atoms with E-state index in [-0.39, 0.29) is 5.41 Å². The van der Waals surface area contributed by atoms with Crippen molar-refractivity contribution in [2.45, 2.75) is 31.1 Å². The maximum atomic E-state index is 2.53. The van der Waals surface area contributed by atoms with Gasteiger partial charge in [0.25, 0.3) is 0 Å². The summed E-state index contributed by atoms with van der Waals surface area (Å²) in [5.41, 5.74) is 13.1. The number of benzene rings is 7. The Kier molecular flexibility index (Phi) is 6.89. The molecule has 2 nitrogen and oxygen atoms in total. The van der Waals surface area contributed by atoms with Gasteiger partial charge in [-0.3, -0.25) is 0 Å². The van der Waals surface area contributed by atoms with Gasteiger partial charge in [-0.25, -0.2) is 0 Å². The van der Waals surface area contributed by atoms with Gasteiger partial charge >= 0.3 is 0 Å². The molecule has 0 amide bonds. The molecule has 0 unspecified atom stereocenters. The lowest BCUT2D eigenvalue weighted by Crippen LogP contribution is -2.22. The summed E-state index contributed by atoms with van der Waals surface area (Å²) in [5.74, 6) is 0. The van der Waals surface area contributed by atoms with Crippen molar-refractivity contribution in [3.8, 4) is 0 Å². The van der Waals surface area contributed by atoms with Crippen molar-refractivity contribution in [1.29, 1.82) is 0 Å². The first-order chi connectivity index (χ1) is 24.7. The van der Waals surface area contributed by atoms with Crippen LogP contribution in [0.15, 0.2) is 170 Å². The monoisotopic (exact) mass is 660 g/mol. The fourth-order valence-corrected chi connectivity index (χ4v) is 9.80. The predicted molar refractivity (Wildman–Crippen MR) is 213 cm³/mol. The molecule has 1 heterocycles. The molecule has 0 saturated carbocycles. The van der Waals surface area contributed by atoms with Crippen LogP contribution in [-0.4, -0.2) is 0 Å². The highest BCUT2D eigenvalue weighted by atomic mass is 32.1. The summed E-state index contributed by atoms with van der Waals surface area (Å²) in [5, 5.41) is 2.65. The fraction of sp³-hybridized carbons (Fsp3) is 0.106. The molecule has 1 atom stereocenters. The van der Waals surface area contributed by atoms with Crippen molar-refractivity contribution in [1.82, 2.24) is 0 Å². The molecule has 10 rings (SSSR count). The lowest BCUT2D eigenvalue weighted by Gasteiger charge is -2.31. The highest BCUT2D eigenvalue weighted by Crippen LogP contribution is 2.55. The number of nitrogens with zero attached hydrogens (tertiary/aromatic N) is 2. The molecule has 2 aliphatic carbocycles. The van der Waals surface area contributed by atoms with E-state index in [1.807, 2.05) is 11.3 Å². The summed E-state index contributed by atoms with van der Waals surface area (Å²) in [6, 6.07) is 62.7. The number of fused-ring (bicyclic) bond motifs is 7. The standard InChI is InChI=1S/C47H36N2S/c1-4-12-35(13-5-1)48(36-14-6-2-7-15-36)39-22-20-33-26-28-47(43(33)31-39)29-27-34-21-23-40(32-44(34)47)49(37-16-8-3-9-17-37)38-24-25-46-42(30-38)41-18-10-11-19-45(41)50-46/h1-25,30-32H,26-29H2/t47-/m1/s1. The Balaban J connectivity index is 1.11. The Morgan fingerprint density at radius 1 is 0.380 bits per heavy atom. The molecule has 2 aliphatic rings. The van der Waals surface area contributed by atoms with Crippen LogP contribution in [0, 0.1) is 0 Å². The minimum Gasteiger partial charge on any atom is -0.310 e. The zero-order valence-electron chi connectivity index (χ0n) is 27.8. The van der Waals surface area contributed by atoms with E-state index in [2.05, 4.69) is 180 Å². The second-order valence-electron chi connectivity index (χ2n) is 13.7. The number of rotatable bonds is 6. The zero-order valence-corrected chi connectivity index (χ0v) is 28.6. The number of anilines is 6. The first-order valence-corrected chi connectivity index (χ1v) is 18.5. The second kappa shape index (κ2) is 11.8. The van der Waals surface area contributed by atoms with Crippen molar-refractivity contribution >= 4 is 65.6 Å². The number of hydrogen-bond donors (Lipinski definition) is 0. The minimum atomic E-state index is 0.00556. The molecule has 1 aromatic heterocycles. The van der Waals surface area contributed by atoms with E-state index >= 15 is 0 Å². The molecule has 240 valence electrons. The summed E-state index contributed by atoms with van der Waals surface area (Å²) in [6.45, 7) is 0. The van der Waals surface area contributed by atoms with Gasteiger partial charge < -0.3 is 9.80 Å². The van der Waals surface area contributed by atoms with Crippen molar-refractivity contribution in [2.24, 2.45) is 0 Å². The van der Waals surface area contributed by atoms with Crippen molar-refractivity contribution in [3.05, 3.63) is 192 Å². The maximum absolute atomic E-state index is 2.53. The zero-order chi connectivity index (χ0) is 33.1. The predicted octanol–water partition coefficient (Wildman–Crippen LogP) is 13.2. The van der Waals surface area contributed by atoms with Crippen LogP contribution < -0.4 is 9.80 Å².